The molecule has 1 atom stereocenters. The zero-order valence-electron chi connectivity index (χ0n) is 22.5. The average molecular weight is 557 g/mol. The van der Waals surface area contributed by atoms with Gasteiger partial charge < -0.3 is 18.9 Å². The molecule has 1 aromatic heterocycles. The Balaban J connectivity index is 1.82. The first-order valence-corrected chi connectivity index (χ1v) is 13.4. The Morgan fingerprint density at radius 3 is 2.40 bits per heavy atom. The summed E-state index contributed by atoms with van der Waals surface area (Å²) in [5.41, 5.74) is 2.60. The van der Waals surface area contributed by atoms with Crippen molar-refractivity contribution in [2.45, 2.75) is 13.0 Å². The van der Waals surface area contributed by atoms with E-state index in [9.17, 15) is 9.59 Å². The third kappa shape index (κ3) is 5.03. The second-order valence-electron chi connectivity index (χ2n) is 8.82. The highest BCUT2D eigenvalue weighted by Crippen LogP contribution is 2.36. The molecule has 3 aromatic carbocycles. The van der Waals surface area contributed by atoms with Crippen LogP contribution in [-0.4, -0.2) is 38.5 Å². The molecule has 0 aliphatic carbocycles. The Morgan fingerprint density at radius 1 is 0.950 bits per heavy atom. The van der Waals surface area contributed by atoms with Gasteiger partial charge in [0.2, 0.25) is 0 Å². The highest BCUT2D eigenvalue weighted by molar-refractivity contribution is 7.07. The SMILES string of the molecule is CCOC(=O)C1=C(c2ccccc2)N=c2s/c(=C\c3ccc(OC)cc3OC)c(=O)n2[C@H]1c1cccc(OC)c1. The van der Waals surface area contributed by atoms with Gasteiger partial charge in [0, 0.05) is 17.2 Å². The number of hydrogen-bond donors (Lipinski definition) is 0. The van der Waals surface area contributed by atoms with Gasteiger partial charge >= 0.3 is 5.97 Å². The van der Waals surface area contributed by atoms with Crippen LogP contribution in [-0.2, 0) is 9.53 Å². The van der Waals surface area contributed by atoms with E-state index < -0.39 is 12.0 Å². The Morgan fingerprint density at radius 2 is 1.70 bits per heavy atom. The third-order valence-corrected chi connectivity index (χ3v) is 7.49. The molecule has 5 rings (SSSR count). The van der Waals surface area contributed by atoms with Crippen LogP contribution in [0.25, 0.3) is 11.8 Å². The lowest BCUT2D eigenvalue weighted by Crippen LogP contribution is -2.40. The summed E-state index contributed by atoms with van der Waals surface area (Å²) in [6.07, 6.45) is 1.76. The average Bonchev–Trinajstić information content (AvgIpc) is 3.31. The maximum Gasteiger partial charge on any atom is 0.338 e. The molecule has 40 heavy (non-hydrogen) atoms. The topological polar surface area (TPSA) is 88.4 Å². The number of hydrogen-bond acceptors (Lipinski definition) is 8. The van der Waals surface area contributed by atoms with E-state index >= 15 is 0 Å². The second-order valence-corrected chi connectivity index (χ2v) is 9.83. The van der Waals surface area contributed by atoms with Gasteiger partial charge in [-0.15, -0.1) is 0 Å². The largest absolute Gasteiger partial charge is 0.497 e. The highest BCUT2D eigenvalue weighted by atomic mass is 32.1. The van der Waals surface area contributed by atoms with Gasteiger partial charge in [-0.25, -0.2) is 9.79 Å². The summed E-state index contributed by atoms with van der Waals surface area (Å²) in [5, 5.41) is 0. The maximum absolute atomic E-state index is 14.1. The molecule has 1 aliphatic rings. The summed E-state index contributed by atoms with van der Waals surface area (Å²) in [5.74, 6) is 1.26. The minimum absolute atomic E-state index is 0.177. The van der Waals surface area contributed by atoms with Gasteiger partial charge in [0.15, 0.2) is 4.80 Å². The number of aromatic nitrogens is 1. The van der Waals surface area contributed by atoms with Gasteiger partial charge in [-0.1, -0.05) is 53.8 Å². The molecular formula is C31H28N2O6S. The number of thiazole rings is 1. The second kappa shape index (κ2) is 11.6. The summed E-state index contributed by atoms with van der Waals surface area (Å²) in [6.45, 7) is 1.93. The van der Waals surface area contributed by atoms with Crippen LogP contribution in [0.15, 0.2) is 88.2 Å². The van der Waals surface area contributed by atoms with Crippen molar-refractivity contribution >= 4 is 29.1 Å². The van der Waals surface area contributed by atoms with Crippen molar-refractivity contribution in [2.75, 3.05) is 27.9 Å². The monoisotopic (exact) mass is 556 g/mol. The number of ether oxygens (including phenoxy) is 4. The summed E-state index contributed by atoms with van der Waals surface area (Å²) < 4.78 is 23.8. The molecule has 9 heteroatoms. The molecule has 0 radical (unpaired) electrons. The molecule has 0 saturated heterocycles. The Hall–Kier alpha value is -4.63. The molecule has 0 amide bonds. The fourth-order valence-electron chi connectivity index (χ4n) is 4.65. The molecule has 0 N–H and O–H groups in total. The van der Waals surface area contributed by atoms with Gasteiger partial charge in [0.1, 0.15) is 17.2 Å². The zero-order valence-corrected chi connectivity index (χ0v) is 23.4. The van der Waals surface area contributed by atoms with E-state index in [-0.39, 0.29) is 17.7 Å². The van der Waals surface area contributed by atoms with E-state index in [0.29, 0.717) is 43.4 Å². The number of methoxy groups -OCH3 is 3. The number of esters is 1. The van der Waals surface area contributed by atoms with Crippen LogP contribution in [0.3, 0.4) is 0 Å². The van der Waals surface area contributed by atoms with E-state index in [1.807, 2.05) is 60.7 Å². The molecule has 4 aromatic rings. The van der Waals surface area contributed by atoms with E-state index in [4.69, 9.17) is 23.9 Å². The van der Waals surface area contributed by atoms with Crippen LogP contribution in [0.1, 0.15) is 29.7 Å². The van der Waals surface area contributed by atoms with E-state index in [2.05, 4.69) is 0 Å². The lowest BCUT2D eigenvalue weighted by molar-refractivity contribution is -0.138. The first kappa shape index (κ1) is 27.0. The number of benzene rings is 3. The lowest BCUT2D eigenvalue weighted by atomic mass is 9.93. The van der Waals surface area contributed by atoms with Gasteiger partial charge in [-0.2, -0.15) is 0 Å². The Bertz CT molecular complexity index is 1770. The summed E-state index contributed by atoms with van der Waals surface area (Å²) in [4.78, 5) is 33.0. The van der Waals surface area contributed by atoms with Crippen molar-refractivity contribution in [3.8, 4) is 17.2 Å². The first-order valence-electron chi connectivity index (χ1n) is 12.6. The number of rotatable bonds is 8. The standard InChI is InChI=1S/C31H28N2O6S/c1-5-39-30(35)26-27(19-10-7-6-8-11-19)32-31-33(28(26)21-12-9-13-22(16-21)36-2)29(34)25(40-31)17-20-14-15-23(37-3)18-24(20)38-4/h6-18,28H,5H2,1-4H3/b25-17-/t28-/m0/s1. The van der Waals surface area contributed by atoms with Crippen molar-refractivity contribution in [2.24, 2.45) is 4.99 Å². The van der Waals surface area contributed by atoms with Crippen LogP contribution in [0.5, 0.6) is 17.2 Å². The van der Waals surface area contributed by atoms with Gasteiger partial charge in [-0.3, -0.25) is 9.36 Å². The smallest absolute Gasteiger partial charge is 0.338 e. The minimum atomic E-state index is -0.791. The van der Waals surface area contributed by atoms with Crippen molar-refractivity contribution < 1.29 is 23.7 Å². The molecule has 1 aliphatic heterocycles. The van der Waals surface area contributed by atoms with Gasteiger partial charge in [-0.05, 0) is 42.8 Å². The van der Waals surface area contributed by atoms with Crippen LogP contribution in [0, 0.1) is 0 Å². The third-order valence-electron chi connectivity index (χ3n) is 6.51. The van der Waals surface area contributed by atoms with Crippen LogP contribution < -0.4 is 29.1 Å². The van der Waals surface area contributed by atoms with Crippen LogP contribution >= 0.6 is 11.3 Å². The van der Waals surface area contributed by atoms with Gasteiger partial charge in [0.25, 0.3) is 5.56 Å². The molecule has 204 valence electrons. The van der Waals surface area contributed by atoms with Crippen molar-refractivity contribution in [3.63, 3.8) is 0 Å². The molecule has 0 unspecified atom stereocenters. The minimum Gasteiger partial charge on any atom is -0.497 e. The lowest BCUT2D eigenvalue weighted by Gasteiger charge is -2.26. The molecule has 2 heterocycles. The fourth-order valence-corrected chi connectivity index (χ4v) is 5.64. The predicted octanol–water partition coefficient (Wildman–Crippen LogP) is 3.96. The molecule has 8 nitrogen and oxygen atoms in total. The zero-order chi connectivity index (χ0) is 28.2. The highest BCUT2D eigenvalue weighted by Gasteiger charge is 2.35. The molecule has 0 spiro atoms. The summed E-state index contributed by atoms with van der Waals surface area (Å²) in [7, 11) is 4.72. The van der Waals surface area contributed by atoms with Crippen LogP contribution in [0.4, 0.5) is 0 Å². The van der Waals surface area contributed by atoms with Crippen molar-refractivity contribution in [1.82, 2.24) is 4.57 Å². The normalized spacial score (nSPS) is 14.8. The predicted molar refractivity (Wildman–Crippen MR) is 154 cm³/mol. The quantitative estimate of drug-likeness (QED) is 0.306. The van der Waals surface area contributed by atoms with E-state index in [0.717, 1.165) is 5.56 Å². The summed E-state index contributed by atoms with van der Waals surface area (Å²) in [6, 6.07) is 21.4. The Labute approximate surface area is 235 Å². The molecular weight excluding hydrogens is 528 g/mol. The maximum atomic E-state index is 14.1. The van der Waals surface area contributed by atoms with Crippen molar-refractivity contribution in [3.05, 3.63) is 115 Å². The first-order chi connectivity index (χ1) is 19.5. The number of carbonyl (C=O) groups excluding carboxylic acids is 1. The Kier molecular flexibility index (Phi) is 7.84. The summed E-state index contributed by atoms with van der Waals surface area (Å²) >= 11 is 1.24. The molecule has 0 saturated carbocycles. The van der Waals surface area contributed by atoms with Crippen molar-refractivity contribution in [1.29, 1.82) is 0 Å². The van der Waals surface area contributed by atoms with E-state index in [1.54, 1.807) is 51.0 Å². The van der Waals surface area contributed by atoms with Crippen LogP contribution in [0.2, 0.25) is 0 Å². The van der Waals surface area contributed by atoms with E-state index in [1.165, 1.54) is 11.3 Å². The van der Waals surface area contributed by atoms with Gasteiger partial charge in [0.05, 0.1) is 49.8 Å². The number of fused-ring (bicyclic) bond motifs is 1. The number of carbonyl (C=O) groups is 1. The molecule has 0 fully saturated rings. The molecule has 0 bridgehead atoms. The fraction of sp³-hybridized carbons (Fsp3) is 0.194. The number of nitrogens with zero attached hydrogens (tertiary/aromatic N) is 2.